The van der Waals surface area contributed by atoms with E-state index in [-0.39, 0.29) is 0 Å². The molecule has 0 unspecified atom stereocenters. The van der Waals surface area contributed by atoms with E-state index in [2.05, 4.69) is 18.3 Å². The van der Waals surface area contributed by atoms with Crippen LogP contribution in [0.4, 0.5) is 0 Å². The summed E-state index contributed by atoms with van der Waals surface area (Å²) in [5, 5.41) is 11.7. The van der Waals surface area contributed by atoms with Crippen LogP contribution in [0, 0.1) is 11.3 Å². The van der Waals surface area contributed by atoms with Crippen LogP contribution in [0.3, 0.4) is 0 Å². The second-order valence-corrected chi connectivity index (χ2v) is 5.55. The molecular formula is C17H34N2. The smallest absolute Gasteiger partial charge is 0.0635 e. The Bertz CT molecular complexity index is 196. The highest BCUT2D eigenvalue weighted by Gasteiger charge is 1.93. The van der Waals surface area contributed by atoms with Gasteiger partial charge < -0.3 is 5.32 Å². The number of unbranched alkanes of at least 4 members (excludes halogenated alkanes) is 11. The predicted molar refractivity (Wildman–Crippen MR) is 84.2 cm³/mol. The Morgan fingerprint density at radius 3 is 1.63 bits per heavy atom. The number of nitrogens with one attached hydrogen (secondary N) is 1. The fraction of sp³-hybridized carbons (Fsp3) is 0.941. The van der Waals surface area contributed by atoms with Crippen molar-refractivity contribution in [3.05, 3.63) is 0 Å². The van der Waals surface area contributed by atoms with Crippen molar-refractivity contribution in [3.8, 4) is 6.07 Å². The first-order chi connectivity index (χ1) is 9.41. The molecule has 0 aliphatic carbocycles. The Morgan fingerprint density at radius 2 is 1.16 bits per heavy atom. The van der Waals surface area contributed by atoms with Crippen molar-refractivity contribution in [1.29, 1.82) is 5.26 Å². The Morgan fingerprint density at radius 1 is 0.684 bits per heavy atom. The van der Waals surface area contributed by atoms with Crippen LogP contribution < -0.4 is 5.32 Å². The van der Waals surface area contributed by atoms with Crippen molar-refractivity contribution in [2.75, 3.05) is 13.1 Å². The summed E-state index contributed by atoms with van der Waals surface area (Å²) >= 11 is 0. The molecule has 0 radical (unpaired) electrons. The summed E-state index contributed by atoms with van der Waals surface area (Å²) in [5.74, 6) is 0. The largest absolute Gasteiger partial charge is 0.316 e. The zero-order valence-corrected chi connectivity index (χ0v) is 13.1. The molecule has 2 heteroatoms. The van der Waals surface area contributed by atoms with E-state index in [1.165, 1.54) is 77.0 Å². The van der Waals surface area contributed by atoms with Crippen molar-refractivity contribution in [3.63, 3.8) is 0 Å². The van der Waals surface area contributed by atoms with Crippen LogP contribution in [0.15, 0.2) is 0 Å². The monoisotopic (exact) mass is 266 g/mol. The van der Waals surface area contributed by atoms with Crippen molar-refractivity contribution in [2.24, 2.45) is 0 Å². The van der Waals surface area contributed by atoms with E-state index in [0.717, 1.165) is 13.1 Å². The van der Waals surface area contributed by atoms with Gasteiger partial charge in [0.15, 0.2) is 0 Å². The summed E-state index contributed by atoms with van der Waals surface area (Å²) in [7, 11) is 0. The highest BCUT2D eigenvalue weighted by Crippen LogP contribution is 2.11. The van der Waals surface area contributed by atoms with Gasteiger partial charge in [-0.2, -0.15) is 5.26 Å². The van der Waals surface area contributed by atoms with E-state index in [1.807, 2.05) is 0 Å². The molecule has 0 bridgehead atoms. The quantitative estimate of drug-likeness (QED) is 0.414. The van der Waals surface area contributed by atoms with Gasteiger partial charge in [-0.05, 0) is 13.0 Å². The second-order valence-electron chi connectivity index (χ2n) is 5.55. The molecule has 0 spiro atoms. The molecule has 19 heavy (non-hydrogen) atoms. The summed E-state index contributed by atoms with van der Waals surface area (Å²) in [6.45, 7) is 4.21. The average molecular weight is 266 g/mol. The molecule has 0 aromatic rings. The Kier molecular flexibility index (Phi) is 16.9. The van der Waals surface area contributed by atoms with Crippen molar-refractivity contribution in [2.45, 2.75) is 90.4 Å². The first-order valence-electron chi connectivity index (χ1n) is 8.49. The number of hydrogen-bond donors (Lipinski definition) is 1. The van der Waals surface area contributed by atoms with Crippen LogP contribution >= 0.6 is 0 Å². The Balaban J connectivity index is 2.90. The van der Waals surface area contributed by atoms with E-state index in [9.17, 15) is 0 Å². The van der Waals surface area contributed by atoms with Crippen molar-refractivity contribution in [1.82, 2.24) is 5.32 Å². The molecule has 112 valence electrons. The van der Waals surface area contributed by atoms with Crippen LogP contribution in [0.1, 0.15) is 90.4 Å². The molecule has 0 fully saturated rings. The molecule has 2 nitrogen and oxygen atoms in total. The molecule has 0 atom stereocenters. The molecular weight excluding hydrogens is 232 g/mol. The van der Waals surface area contributed by atoms with Gasteiger partial charge in [0.2, 0.25) is 0 Å². The number of hydrogen-bond acceptors (Lipinski definition) is 2. The van der Waals surface area contributed by atoms with Crippen molar-refractivity contribution >= 4 is 0 Å². The number of rotatable bonds is 15. The number of nitrogens with zero attached hydrogens (tertiary/aromatic N) is 1. The zero-order valence-electron chi connectivity index (χ0n) is 13.1. The summed E-state index contributed by atoms with van der Waals surface area (Å²) in [4.78, 5) is 0. The summed E-state index contributed by atoms with van der Waals surface area (Å²) < 4.78 is 0. The van der Waals surface area contributed by atoms with Gasteiger partial charge in [-0.3, -0.25) is 0 Å². The molecule has 0 aromatic heterocycles. The van der Waals surface area contributed by atoms with E-state index < -0.39 is 0 Å². The lowest BCUT2D eigenvalue weighted by molar-refractivity contribution is 0.536. The fourth-order valence-electron chi connectivity index (χ4n) is 2.36. The molecule has 0 saturated carbocycles. The van der Waals surface area contributed by atoms with Gasteiger partial charge in [0.1, 0.15) is 0 Å². The second kappa shape index (κ2) is 17.4. The lowest BCUT2D eigenvalue weighted by Gasteiger charge is -2.03. The van der Waals surface area contributed by atoms with Crippen molar-refractivity contribution < 1.29 is 0 Å². The Labute approximate surface area is 121 Å². The third-order valence-electron chi connectivity index (χ3n) is 3.62. The minimum Gasteiger partial charge on any atom is -0.316 e. The van der Waals surface area contributed by atoms with E-state index in [4.69, 9.17) is 5.26 Å². The molecule has 0 aliphatic heterocycles. The van der Waals surface area contributed by atoms with Crippen LogP contribution in [0.5, 0.6) is 0 Å². The van der Waals surface area contributed by atoms with Gasteiger partial charge >= 0.3 is 0 Å². The fourth-order valence-corrected chi connectivity index (χ4v) is 2.36. The van der Waals surface area contributed by atoms with Gasteiger partial charge in [0.25, 0.3) is 0 Å². The highest BCUT2D eigenvalue weighted by molar-refractivity contribution is 4.69. The lowest BCUT2D eigenvalue weighted by Crippen LogP contribution is -2.15. The maximum atomic E-state index is 8.38. The average Bonchev–Trinajstić information content (AvgIpc) is 2.43. The van der Waals surface area contributed by atoms with Gasteiger partial charge in [-0.15, -0.1) is 0 Å². The van der Waals surface area contributed by atoms with Gasteiger partial charge in [-0.25, -0.2) is 0 Å². The molecule has 0 amide bonds. The molecule has 1 N–H and O–H groups in total. The molecule has 0 rings (SSSR count). The zero-order chi connectivity index (χ0) is 14.0. The third-order valence-corrected chi connectivity index (χ3v) is 3.62. The normalized spacial score (nSPS) is 10.5. The maximum absolute atomic E-state index is 8.38. The first-order valence-corrected chi connectivity index (χ1v) is 8.49. The standard InChI is InChI=1S/C17H34N2/c1-2-3-4-5-6-7-8-9-10-11-12-13-16-19-17-14-15-18/h19H,2-14,16-17H2,1H3. The molecule has 0 saturated heterocycles. The minimum atomic E-state index is 0.637. The molecule has 0 aliphatic rings. The summed E-state index contributed by atoms with van der Waals surface area (Å²) in [6, 6.07) is 2.15. The van der Waals surface area contributed by atoms with E-state index >= 15 is 0 Å². The SMILES string of the molecule is CCCCCCCCCCCCCCNCCC#N. The van der Waals surface area contributed by atoms with Crippen LogP contribution in [0.25, 0.3) is 0 Å². The first kappa shape index (κ1) is 18.4. The Hall–Kier alpha value is -0.550. The predicted octanol–water partition coefficient (Wildman–Crippen LogP) is 5.19. The maximum Gasteiger partial charge on any atom is 0.0635 e. The van der Waals surface area contributed by atoms with Crippen LogP contribution in [-0.4, -0.2) is 13.1 Å². The van der Waals surface area contributed by atoms with Gasteiger partial charge in [-0.1, -0.05) is 77.6 Å². The minimum absolute atomic E-state index is 0.637. The summed E-state index contributed by atoms with van der Waals surface area (Å²) in [6.07, 6.45) is 17.5. The van der Waals surface area contributed by atoms with E-state index in [0.29, 0.717) is 6.42 Å². The van der Waals surface area contributed by atoms with E-state index in [1.54, 1.807) is 0 Å². The summed E-state index contributed by atoms with van der Waals surface area (Å²) in [5.41, 5.74) is 0. The molecule has 0 heterocycles. The lowest BCUT2D eigenvalue weighted by atomic mass is 10.1. The van der Waals surface area contributed by atoms with Gasteiger partial charge in [0.05, 0.1) is 6.07 Å². The van der Waals surface area contributed by atoms with Crippen LogP contribution in [-0.2, 0) is 0 Å². The molecule has 0 aromatic carbocycles. The number of nitriles is 1. The van der Waals surface area contributed by atoms with Gasteiger partial charge in [0, 0.05) is 13.0 Å². The third kappa shape index (κ3) is 17.4. The topological polar surface area (TPSA) is 35.8 Å². The van der Waals surface area contributed by atoms with Crippen LogP contribution in [0.2, 0.25) is 0 Å². The highest BCUT2D eigenvalue weighted by atomic mass is 14.8.